The van der Waals surface area contributed by atoms with Gasteiger partial charge in [-0.25, -0.2) is 4.98 Å². The molecule has 6 heterocycles. The number of carbonyl (C=O) groups is 1. The maximum atomic E-state index is 12.4. The Bertz CT molecular complexity index is 1620. The van der Waals surface area contributed by atoms with Gasteiger partial charge in [0.1, 0.15) is 11.5 Å². The maximum absolute atomic E-state index is 12.4. The molecule has 0 aromatic carbocycles. The number of anilines is 2. The van der Waals surface area contributed by atoms with Crippen LogP contribution in [0.4, 0.5) is 11.5 Å². The molecule has 1 aliphatic rings. The highest BCUT2D eigenvalue weighted by atomic mass is 16.1. The highest BCUT2D eigenvalue weighted by Gasteiger charge is 2.19. The number of amides is 1. The predicted molar refractivity (Wildman–Crippen MR) is 151 cm³/mol. The number of nitrogens with one attached hydrogen (secondary N) is 3. The molecule has 0 radical (unpaired) electrons. The first-order valence-corrected chi connectivity index (χ1v) is 13.2. The van der Waals surface area contributed by atoms with Crippen molar-refractivity contribution in [3.8, 4) is 22.6 Å². The molecule has 3 N–H and O–H groups in total. The van der Waals surface area contributed by atoms with E-state index in [1.165, 1.54) is 19.3 Å². The van der Waals surface area contributed by atoms with Crippen molar-refractivity contribution in [3.63, 3.8) is 0 Å². The molecule has 0 atom stereocenters. The van der Waals surface area contributed by atoms with E-state index in [1.807, 2.05) is 45.2 Å². The van der Waals surface area contributed by atoms with Crippen molar-refractivity contribution in [2.75, 3.05) is 23.3 Å². The molecule has 0 spiro atoms. The van der Waals surface area contributed by atoms with Crippen LogP contribution in [0.3, 0.4) is 0 Å². The molecule has 0 saturated carbocycles. The standard InChI is InChI=1S/C29H32N8O/c1-29(2,3)14-26(38)33-19-11-18(15-30-16-19)23-12-20-25(17-32-23)35-36-27(20)24-13-21-22(34-24)7-8-31-28(21)37-9-5-4-6-10-37/h7-8,11-13,15-17,34H,4-6,9-10,14H2,1-3H3,(H,33,38)(H,35,36). The summed E-state index contributed by atoms with van der Waals surface area (Å²) in [5.74, 6) is 0.998. The number of nitrogens with zero attached hydrogens (tertiary/aromatic N) is 5. The molecule has 5 aromatic rings. The molecule has 194 valence electrons. The molecule has 0 bridgehead atoms. The third-order valence-corrected chi connectivity index (χ3v) is 6.89. The van der Waals surface area contributed by atoms with Crippen LogP contribution in [0.25, 0.3) is 44.5 Å². The third kappa shape index (κ3) is 4.83. The van der Waals surface area contributed by atoms with Crippen LogP contribution in [-0.4, -0.2) is 49.1 Å². The molecule has 9 heteroatoms. The Morgan fingerprint density at radius 1 is 1.00 bits per heavy atom. The van der Waals surface area contributed by atoms with E-state index >= 15 is 0 Å². The summed E-state index contributed by atoms with van der Waals surface area (Å²) in [6.45, 7) is 8.20. The fraction of sp³-hybridized carbons (Fsp3) is 0.345. The van der Waals surface area contributed by atoms with Crippen LogP contribution in [0.2, 0.25) is 0 Å². The van der Waals surface area contributed by atoms with E-state index in [0.29, 0.717) is 12.1 Å². The van der Waals surface area contributed by atoms with Gasteiger partial charge < -0.3 is 15.2 Å². The van der Waals surface area contributed by atoms with E-state index in [1.54, 1.807) is 18.6 Å². The van der Waals surface area contributed by atoms with E-state index in [2.05, 4.69) is 41.4 Å². The lowest BCUT2D eigenvalue weighted by molar-refractivity contribution is -0.117. The number of carbonyl (C=O) groups excluding carboxylic acids is 1. The van der Waals surface area contributed by atoms with Crippen molar-refractivity contribution in [1.82, 2.24) is 30.1 Å². The molecule has 38 heavy (non-hydrogen) atoms. The van der Waals surface area contributed by atoms with Crippen molar-refractivity contribution in [2.24, 2.45) is 5.41 Å². The van der Waals surface area contributed by atoms with Gasteiger partial charge in [0.05, 0.1) is 40.5 Å². The van der Waals surface area contributed by atoms with Gasteiger partial charge in [-0.1, -0.05) is 20.8 Å². The summed E-state index contributed by atoms with van der Waals surface area (Å²) in [7, 11) is 0. The summed E-state index contributed by atoms with van der Waals surface area (Å²) >= 11 is 0. The summed E-state index contributed by atoms with van der Waals surface area (Å²) in [6, 6.07) is 8.08. The number of aromatic amines is 2. The summed E-state index contributed by atoms with van der Waals surface area (Å²) in [5.41, 5.74) is 5.78. The number of fused-ring (bicyclic) bond motifs is 2. The second-order valence-electron chi connectivity index (χ2n) is 11.3. The molecule has 0 unspecified atom stereocenters. The lowest BCUT2D eigenvalue weighted by Gasteiger charge is -2.28. The summed E-state index contributed by atoms with van der Waals surface area (Å²) in [6.07, 6.45) is 11.2. The average Bonchev–Trinajstić information content (AvgIpc) is 3.51. The van der Waals surface area contributed by atoms with Gasteiger partial charge in [-0.15, -0.1) is 0 Å². The minimum Gasteiger partial charge on any atom is -0.356 e. The van der Waals surface area contributed by atoms with E-state index < -0.39 is 0 Å². The van der Waals surface area contributed by atoms with Gasteiger partial charge in [0.25, 0.3) is 0 Å². The Morgan fingerprint density at radius 3 is 2.66 bits per heavy atom. The highest BCUT2D eigenvalue weighted by Crippen LogP contribution is 2.34. The Hall–Kier alpha value is -4.27. The average molecular weight is 509 g/mol. The first-order valence-electron chi connectivity index (χ1n) is 13.2. The highest BCUT2D eigenvalue weighted by molar-refractivity contribution is 5.99. The largest absolute Gasteiger partial charge is 0.356 e. The van der Waals surface area contributed by atoms with Gasteiger partial charge in [0.2, 0.25) is 5.91 Å². The second-order valence-corrected chi connectivity index (χ2v) is 11.3. The minimum atomic E-state index is -0.0907. The molecule has 1 amide bonds. The maximum Gasteiger partial charge on any atom is 0.224 e. The Kier molecular flexibility index (Phi) is 6.06. The molecular weight excluding hydrogens is 476 g/mol. The molecule has 1 saturated heterocycles. The molecule has 1 aliphatic heterocycles. The van der Waals surface area contributed by atoms with Crippen LogP contribution in [-0.2, 0) is 4.79 Å². The van der Waals surface area contributed by atoms with Crippen LogP contribution in [0.15, 0.2) is 49.1 Å². The fourth-order valence-corrected chi connectivity index (χ4v) is 5.14. The van der Waals surface area contributed by atoms with E-state index in [0.717, 1.165) is 63.4 Å². The molecule has 6 rings (SSSR count). The van der Waals surface area contributed by atoms with Crippen LogP contribution in [0.1, 0.15) is 46.5 Å². The summed E-state index contributed by atoms with van der Waals surface area (Å²) in [5, 5.41) is 12.8. The number of piperidine rings is 1. The van der Waals surface area contributed by atoms with E-state index in [9.17, 15) is 4.79 Å². The second kappa shape index (κ2) is 9.55. The third-order valence-electron chi connectivity index (χ3n) is 6.89. The van der Waals surface area contributed by atoms with Gasteiger partial charge in [-0.2, -0.15) is 5.10 Å². The fourth-order valence-electron chi connectivity index (χ4n) is 5.14. The molecule has 1 fully saturated rings. The Morgan fingerprint density at radius 2 is 1.84 bits per heavy atom. The van der Waals surface area contributed by atoms with Crippen LogP contribution >= 0.6 is 0 Å². The molecular formula is C29H32N8O. The zero-order valence-corrected chi connectivity index (χ0v) is 22.0. The van der Waals surface area contributed by atoms with Gasteiger partial charge in [0.15, 0.2) is 0 Å². The van der Waals surface area contributed by atoms with Gasteiger partial charge >= 0.3 is 0 Å². The van der Waals surface area contributed by atoms with Crippen LogP contribution in [0, 0.1) is 5.41 Å². The van der Waals surface area contributed by atoms with Crippen molar-refractivity contribution < 1.29 is 4.79 Å². The number of aromatic nitrogens is 6. The molecule has 9 nitrogen and oxygen atoms in total. The zero-order chi connectivity index (χ0) is 26.3. The first kappa shape index (κ1) is 24.1. The molecule has 0 aliphatic carbocycles. The minimum absolute atomic E-state index is 0.0331. The summed E-state index contributed by atoms with van der Waals surface area (Å²) in [4.78, 5) is 32.1. The number of hydrogen-bond acceptors (Lipinski definition) is 6. The van der Waals surface area contributed by atoms with Crippen LogP contribution < -0.4 is 10.2 Å². The normalized spacial score (nSPS) is 14.3. The number of H-pyrrole nitrogens is 2. The monoisotopic (exact) mass is 508 g/mol. The van der Waals surface area contributed by atoms with E-state index in [-0.39, 0.29) is 11.3 Å². The van der Waals surface area contributed by atoms with Gasteiger partial charge in [0, 0.05) is 48.2 Å². The quantitative estimate of drug-likeness (QED) is 0.271. The van der Waals surface area contributed by atoms with Gasteiger partial charge in [-0.05, 0) is 48.9 Å². The SMILES string of the molecule is CC(C)(C)CC(=O)Nc1cncc(-c2cc3c(-c4cc5c(N6CCCCC6)nccc5[nH]4)n[nH]c3cn2)c1. The lowest BCUT2D eigenvalue weighted by atomic mass is 9.92. The van der Waals surface area contributed by atoms with Crippen molar-refractivity contribution in [3.05, 3.63) is 49.1 Å². The van der Waals surface area contributed by atoms with Crippen molar-refractivity contribution in [2.45, 2.75) is 46.5 Å². The summed E-state index contributed by atoms with van der Waals surface area (Å²) < 4.78 is 0. The van der Waals surface area contributed by atoms with Crippen molar-refractivity contribution in [1.29, 1.82) is 0 Å². The van der Waals surface area contributed by atoms with E-state index in [4.69, 9.17) is 4.98 Å². The topological polar surface area (TPSA) is 115 Å². The smallest absolute Gasteiger partial charge is 0.224 e. The number of hydrogen-bond donors (Lipinski definition) is 3. The zero-order valence-electron chi connectivity index (χ0n) is 22.0. The lowest BCUT2D eigenvalue weighted by Crippen LogP contribution is -2.30. The Labute approximate surface area is 221 Å². The van der Waals surface area contributed by atoms with Crippen LogP contribution in [0.5, 0.6) is 0 Å². The first-order chi connectivity index (χ1) is 18.3. The Balaban J connectivity index is 1.33. The van der Waals surface area contributed by atoms with Crippen molar-refractivity contribution >= 4 is 39.2 Å². The number of rotatable bonds is 5. The van der Waals surface area contributed by atoms with Gasteiger partial charge in [-0.3, -0.25) is 19.9 Å². The predicted octanol–water partition coefficient (Wildman–Crippen LogP) is 5.93. The number of pyridine rings is 3. The molecule has 5 aromatic heterocycles.